The molecule has 3 aliphatic rings. The molecule has 3 amide bonds. The average Bonchev–Trinajstić information content (AvgIpc) is 3.49. The molecule has 1 aromatic carbocycles. The molecule has 1 unspecified atom stereocenters. The van der Waals surface area contributed by atoms with Crippen molar-refractivity contribution >= 4 is 23.7 Å². The standard InChI is InChI=1S/C23H27FN2O5/c1-31-21(29)18-11-6-12-25(18)19(27)13-23(16-9-4-5-10-17(16)24)14-20(28)26(22(23)30)15-7-2-3-8-15/h4-5,9-10,15,18H,2-3,6-8,11-14H2,1H3/t18-,23?/m0/s1. The molecule has 31 heavy (non-hydrogen) atoms. The molecular weight excluding hydrogens is 403 g/mol. The third-order valence-corrected chi connectivity index (χ3v) is 6.93. The van der Waals surface area contributed by atoms with Crippen molar-refractivity contribution in [2.75, 3.05) is 13.7 Å². The summed E-state index contributed by atoms with van der Waals surface area (Å²) in [6.07, 6.45) is 3.85. The van der Waals surface area contributed by atoms with Gasteiger partial charge in [0.2, 0.25) is 17.7 Å². The van der Waals surface area contributed by atoms with Gasteiger partial charge in [-0.15, -0.1) is 0 Å². The SMILES string of the molecule is COC(=O)[C@@H]1CCCN1C(=O)CC1(c2ccccc2F)CC(=O)N(C2CCCC2)C1=O. The van der Waals surface area contributed by atoms with E-state index in [-0.39, 0.29) is 30.4 Å². The van der Waals surface area contributed by atoms with Crippen LogP contribution in [0.25, 0.3) is 0 Å². The number of likely N-dealkylation sites (tertiary alicyclic amines) is 2. The van der Waals surface area contributed by atoms with Crippen molar-refractivity contribution in [1.82, 2.24) is 9.80 Å². The molecule has 0 aromatic heterocycles. The zero-order valence-corrected chi connectivity index (χ0v) is 17.6. The zero-order valence-electron chi connectivity index (χ0n) is 17.6. The van der Waals surface area contributed by atoms with Gasteiger partial charge in [-0.05, 0) is 31.7 Å². The molecule has 4 rings (SSSR count). The minimum Gasteiger partial charge on any atom is -0.467 e. The Morgan fingerprint density at radius 1 is 1.13 bits per heavy atom. The quantitative estimate of drug-likeness (QED) is 0.529. The fourth-order valence-corrected chi connectivity index (χ4v) is 5.39. The average molecular weight is 430 g/mol. The minimum absolute atomic E-state index is 0.0658. The van der Waals surface area contributed by atoms with Crippen LogP contribution in [-0.4, -0.2) is 59.2 Å². The number of methoxy groups -OCH3 is 1. The lowest BCUT2D eigenvalue weighted by Gasteiger charge is -2.32. The molecule has 1 aromatic rings. The molecule has 2 atom stereocenters. The molecule has 1 aliphatic carbocycles. The number of hydrogen-bond acceptors (Lipinski definition) is 5. The highest BCUT2D eigenvalue weighted by Gasteiger charge is 2.57. The molecule has 0 spiro atoms. The Bertz CT molecular complexity index is 913. The Kier molecular flexibility index (Phi) is 5.81. The molecule has 0 N–H and O–H groups in total. The number of nitrogens with zero attached hydrogens (tertiary/aromatic N) is 2. The van der Waals surface area contributed by atoms with E-state index in [0.717, 1.165) is 25.7 Å². The molecule has 2 aliphatic heterocycles. The van der Waals surface area contributed by atoms with E-state index in [9.17, 15) is 23.6 Å². The van der Waals surface area contributed by atoms with Crippen LogP contribution in [0.4, 0.5) is 4.39 Å². The Morgan fingerprint density at radius 2 is 1.84 bits per heavy atom. The third-order valence-electron chi connectivity index (χ3n) is 6.93. The number of benzene rings is 1. The van der Waals surface area contributed by atoms with Gasteiger partial charge in [0, 0.05) is 31.0 Å². The number of carbonyl (C=O) groups is 4. The Hall–Kier alpha value is -2.77. The third kappa shape index (κ3) is 3.62. The first-order chi connectivity index (χ1) is 14.9. The van der Waals surface area contributed by atoms with Gasteiger partial charge in [0.25, 0.3) is 0 Å². The summed E-state index contributed by atoms with van der Waals surface area (Å²) < 4.78 is 19.7. The van der Waals surface area contributed by atoms with Crippen LogP contribution in [-0.2, 0) is 29.3 Å². The highest BCUT2D eigenvalue weighted by molar-refractivity contribution is 6.11. The molecule has 1 saturated carbocycles. The number of imide groups is 1. The van der Waals surface area contributed by atoms with Gasteiger partial charge in [-0.2, -0.15) is 0 Å². The maximum absolute atomic E-state index is 14.9. The second-order valence-electron chi connectivity index (χ2n) is 8.69. The van der Waals surface area contributed by atoms with Crippen LogP contribution < -0.4 is 0 Å². The zero-order chi connectivity index (χ0) is 22.2. The molecule has 3 fully saturated rings. The van der Waals surface area contributed by atoms with Crippen LogP contribution in [0, 0.1) is 5.82 Å². The summed E-state index contributed by atoms with van der Waals surface area (Å²) in [6, 6.07) is 4.93. The van der Waals surface area contributed by atoms with Crippen molar-refractivity contribution < 1.29 is 28.3 Å². The molecule has 0 radical (unpaired) electrons. The van der Waals surface area contributed by atoms with E-state index in [2.05, 4.69) is 0 Å². The van der Waals surface area contributed by atoms with Gasteiger partial charge < -0.3 is 9.64 Å². The molecule has 0 bridgehead atoms. The summed E-state index contributed by atoms with van der Waals surface area (Å²) in [6.45, 7) is 0.362. The number of amides is 3. The predicted octanol–water partition coefficient (Wildman–Crippen LogP) is 2.32. The Labute approximate surface area is 180 Å². The van der Waals surface area contributed by atoms with Gasteiger partial charge >= 0.3 is 5.97 Å². The van der Waals surface area contributed by atoms with Crippen molar-refractivity contribution in [2.45, 2.75) is 68.9 Å². The van der Waals surface area contributed by atoms with Crippen LogP contribution >= 0.6 is 0 Å². The molecule has 8 heteroatoms. The van der Waals surface area contributed by atoms with E-state index in [1.165, 1.54) is 35.1 Å². The van der Waals surface area contributed by atoms with Crippen LogP contribution in [0.15, 0.2) is 24.3 Å². The predicted molar refractivity (Wildman–Crippen MR) is 108 cm³/mol. The fraction of sp³-hybridized carbons (Fsp3) is 0.565. The summed E-state index contributed by atoms with van der Waals surface area (Å²) in [4.78, 5) is 54.8. The van der Waals surface area contributed by atoms with Crippen molar-refractivity contribution in [3.05, 3.63) is 35.6 Å². The number of halogens is 1. The van der Waals surface area contributed by atoms with Crippen molar-refractivity contribution in [3.63, 3.8) is 0 Å². The lowest BCUT2D eigenvalue weighted by Crippen LogP contribution is -2.48. The largest absolute Gasteiger partial charge is 0.467 e. The number of esters is 1. The maximum Gasteiger partial charge on any atom is 0.328 e. The minimum atomic E-state index is -1.59. The van der Waals surface area contributed by atoms with Gasteiger partial charge in [-0.1, -0.05) is 31.0 Å². The highest BCUT2D eigenvalue weighted by atomic mass is 19.1. The van der Waals surface area contributed by atoms with E-state index in [1.54, 1.807) is 6.07 Å². The number of rotatable bonds is 5. The van der Waals surface area contributed by atoms with Crippen molar-refractivity contribution in [1.29, 1.82) is 0 Å². The van der Waals surface area contributed by atoms with Gasteiger partial charge in [-0.25, -0.2) is 9.18 Å². The first kappa shape index (κ1) is 21.5. The summed E-state index contributed by atoms with van der Waals surface area (Å²) in [7, 11) is 1.27. The normalized spacial score (nSPS) is 26.7. The fourth-order valence-electron chi connectivity index (χ4n) is 5.39. The first-order valence-corrected chi connectivity index (χ1v) is 10.9. The lowest BCUT2D eigenvalue weighted by atomic mass is 9.75. The number of carbonyl (C=O) groups excluding carboxylic acids is 4. The van der Waals surface area contributed by atoms with Gasteiger partial charge in [0.1, 0.15) is 11.9 Å². The van der Waals surface area contributed by atoms with E-state index >= 15 is 0 Å². The van der Waals surface area contributed by atoms with E-state index in [4.69, 9.17) is 4.74 Å². The lowest BCUT2D eigenvalue weighted by molar-refractivity contribution is -0.152. The van der Waals surface area contributed by atoms with E-state index in [1.807, 2.05) is 0 Å². The monoisotopic (exact) mass is 430 g/mol. The molecule has 2 saturated heterocycles. The molecule has 2 heterocycles. The summed E-state index contributed by atoms with van der Waals surface area (Å²) >= 11 is 0. The Morgan fingerprint density at radius 3 is 2.52 bits per heavy atom. The second-order valence-corrected chi connectivity index (χ2v) is 8.69. The van der Waals surface area contributed by atoms with Crippen LogP contribution in [0.5, 0.6) is 0 Å². The van der Waals surface area contributed by atoms with Crippen LogP contribution in [0.2, 0.25) is 0 Å². The first-order valence-electron chi connectivity index (χ1n) is 10.9. The number of ether oxygens (including phenoxy) is 1. The summed E-state index contributed by atoms with van der Waals surface area (Å²) in [5, 5.41) is 0. The van der Waals surface area contributed by atoms with E-state index in [0.29, 0.717) is 19.4 Å². The Balaban J connectivity index is 1.70. The van der Waals surface area contributed by atoms with Crippen LogP contribution in [0.3, 0.4) is 0 Å². The van der Waals surface area contributed by atoms with Gasteiger partial charge in [-0.3, -0.25) is 19.3 Å². The number of hydrogen-bond donors (Lipinski definition) is 0. The van der Waals surface area contributed by atoms with Crippen LogP contribution in [0.1, 0.15) is 56.9 Å². The van der Waals surface area contributed by atoms with Crippen molar-refractivity contribution in [3.8, 4) is 0 Å². The smallest absolute Gasteiger partial charge is 0.328 e. The van der Waals surface area contributed by atoms with Gasteiger partial charge in [0.15, 0.2) is 0 Å². The van der Waals surface area contributed by atoms with Gasteiger partial charge in [0.05, 0.1) is 12.5 Å². The van der Waals surface area contributed by atoms with E-state index < -0.39 is 35.1 Å². The molecule has 7 nitrogen and oxygen atoms in total. The topological polar surface area (TPSA) is 84.0 Å². The summed E-state index contributed by atoms with van der Waals surface area (Å²) in [5.74, 6) is -2.43. The molecule has 166 valence electrons. The molecular formula is C23H27FN2O5. The summed E-state index contributed by atoms with van der Waals surface area (Å²) in [5.41, 5.74) is -1.53. The van der Waals surface area contributed by atoms with Crippen molar-refractivity contribution in [2.24, 2.45) is 0 Å². The second kappa shape index (κ2) is 8.40. The maximum atomic E-state index is 14.9. The highest BCUT2D eigenvalue weighted by Crippen LogP contribution is 2.44.